The van der Waals surface area contributed by atoms with E-state index in [0.717, 1.165) is 55.4 Å². The summed E-state index contributed by atoms with van der Waals surface area (Å²) in [4.78, 5) is 0. The lowest BCUT2D eigenvalue weighted by Crippen LogP contribution is -2.31. The first-order valence-electron chi connectivity index (χ1n) is 13.1. The van der Waals surface area contributed by atoms with Gasteiger partial charge in [-0.3, -0.25) is 0 Å². The number of rotatable bonds is 4. The second-order valence-electron chi connectivity index (χ2n) is 10.5. The van der Waals surface area contributed by atoms with Gasteiger partial charge in [0, 0.05) is 22.9 Å². The number of halogens is 1. The fraction of sp³-hybridized carbons (Fsp3) is 0.171. The van der Waals surface area contributed by atoms with E-state index < -0.39 is 0 Å². The summed E-state index contributed by atoms with van der Waals surface area (Å²) in [7, 11) is 2.06. The summed E-state index contributed by atoms with van der Waals surface area (Å²) in [5.74, 6) is 0.124. The lowest BCUT2D eigenvalue weighted by atomic mass is 9.94. The smallest absolute Gasteiger partial charge is 0.216 e. The third kappa shape index (κ3) is 3.90. The van der Waals surface area contributed by atoms with Gasteiger partial charge in [0.2, 0.25) is 5.69 Å². The third-order valence-corrected chi connectivity index (χ3v) is 7.63. The number of benzene rings is 4. The molecule has 0 radical (unpaired) electrons. The highest BCUT2D eigenvalue weighted by atomic mass is 19.1. The highest BCUT2D eigenvalue weighted by Crippen LogP contribution is 2.43. The minimum atomic E-state index is -0.285. The monoisotopic (exact) mass is 500 g/mol. The van der Waals surface area contributed by atoms with Crippen molar-refractivity contribution in [2.75, 3.05) is 0 Å². The Kier molecular flexibility index (Phi) is 5.87. The number of aromatic nitrogens is 1. The van der Waals surface area contributed by atoms with Gasteiger partial charge in [-0.15, -0.1) is 0 Å². The third-order valence-electron chi connectivity index (χ3n) is 7.63. The molecule has 0 aliphatic rings. The molecule has 0 unspecified atom stereocenters. The Hall–Kier alpha value is -4.24. The van der Waals surface area contributed by atoms with Crippen LogP contribution in [0.15, 0.2) is 95.5 Å². The number of pyridine rings is 1. The molecule has 0 bridgehead atoms. The van der Waals surface area contributed by atoms with Gasteiger partial charge < -0.3 is 4.42 Å². The molecule has 0 atom stereocenters. The van der Waals surface area contributed by atoms with E-state index in [1.165, 1.54) is 5.56 Å². The predicted molar refractivity (Wildman–Crippen MR) is 155 cm³/mol. The molecule has 0 amide bonds. The highest BCUT2D eigenvalue weighted by Gasteiger charge is 2.25. The number of furan rings is 1. The average Bonchev–Trinajstić information content (AvgIpc) is 3.29. The van der Waals surface area contributed by atoms with Crippen LogP contribution in [-0.4, -0.2) is 0 Å². The summed E-state index contributed by atoms with van der Waals surface area (Å²) in [6.45, 7) is 8.64. The molecule has 2 heterocycles. The van der Waals surface area contributed by atoms with Crippen molar-refractivity contribution in [2.45, 2.75) is 33.6 Å². The van der Waals surface area contributed by atoms with E-state index in [4.69, 9.17) is 4.42 Å². The SMILES string of the molecule is Cc1cc(C)c2c(oc3c(-c4ccc(-c5ccccc5)cc4)c(F)ccc32)c1-c1cc(C(C)C)cc[n+]1C. The lowest BCUT2D eigenvalue weighted by molar-refractivity contribution is -0.660. The van der Waals surface area contributed by atoms with Crippen LogP contribution in [0.1, 0.15) is 36.5 Å². The zero-order valence-corrected chi connectivity index (χ0v) is 22.5. The largest absolute Gasteiger partial charge is 0.454 e. The Morgan fingerprint density at radius 1 is 0.711 bits per heavy atom. The van der Waals surface area contributed by atoms with Crippen molar-refractivity contribution in [3.05, 3.63) is 114 Å². The molecule has 0 saturated heterocycles. The van der Waals surface area contributed by atoms with Crippen LogP contribution in [0, 0.1) is 19.7 Å². The number of hydrogen-bond acceptors (Lipinski definition) is 1. The van der Waals surface area contributed by atoms with E-state index in [2.05, 4.69) is 75.8 Å². The van der Waals surface area contributed by atoms with Gasteiger partial charge in [0.25, 0.3) is 0 Å². The molecular weight excluding hydrogens is 469 g/mol. The van der Waals surface area contributed by atoms with Gasteiger partial charge in [-0.25, -0.2) is 8.96 Å². The molecule has 2 nitrogen and oxygen atoms in total. The van der Waals surface area contributed by atoms with Gasteiger partial charge in [-0.1, -0.05) is 74.5 Å². The molecule has 0 fully saturated rings. The van der Waals surface area contributed by atoms with E-state index >= 15 is 4.39 Å². The highest BCUT2D eigenvalue weighted by molar-refractivity contribution is 6.14. The summed E-state index contributed by atoms with van der Waals surface area (Å²) < 4.78 is 24.3. The van der Waals surface area contributed by atoms with Gasteiger partial charge >= 0.3 is 0 Å². The fourth-order valence-corrected chi connectivity index (χ4v) is 5.59. The Morgan fingerprint density at radius 3 is 2.11 bits per heavy atom. The summed E-state index contributed by atoms with van der Waals surface area (Å²) >= 11 is 0. The van der Waals surface area contributed by atoms with Crippen molar-refractivity contribution in [1.82, 2.24) is 0 Å². The summed E-state index contributed by atoms with van der Waals surface area (Å²) in [5, 5.41) is 1.97. The van der Waals surface area contributed by atoms with Gasteiger partial charge in [-0.05, 0) is 65.3 Å². The standard InChI is InChI=1S/C35H31FNO/c1-21(2)27-17-18-37(5)30(20-27)32-23(4)19-22(3)31-28-15-16-29(36)33(34(28)38-35(31)32)26-13-11-25(12-14-26)24-9-7-6-8-10-24/h6-21H,1-5H3/q+1. The maximum atomic E-state index is 15.5. The first kappa shape index (κ1) is 24.1. The quantitative estimate of drug-likeness (QED) is 0.220. The molecule has 0 N–H and O–H groups in total. The van der Waals surface area contributed by atoms with Crippen LogP contribution in [0.5, 0.6) is 0 Å². The molecule has 3 heteroatoms. The minimum Gasteiger partial charge on any atom is -0.454 e. The van der Waals surface area contributed by atoms with Crippen LogP contribution in [0.25, 0.3) is 55.4 Å². The Bertz CT molecular complexity index is 1810. The van der Waals surface area contributed by atoms with Crippen molar-refractivity contribution in [3.63, 3.8) is 0 Å². The van der Waals surface area contributed by atoms with E-state index in [-0.39, 0.29) is 5.82 Å². The Labute approximate surface area is 223 Å². The van der Waals surface area contributed by atoms with E-state index in [1.54, 1.807) is 6.07 Å². The molecule has 0 saturated carbocycles. The van der Waals surface area contributed by atoms with Crippen LogP contribution in [0.2, 0.25) is 0 Å². The molecule has 38 heavy (non-hydrogen) atoms. The van der Waals surface area contributed by atoms with Gasteiger partial charge in [0.05, 0.1) is 11.1 Å². The lowest BCUT2D eigenvalue weighted by Gasteiger charge is -2.10. The predicted octanol–water partition coefficient (Wildman–Crippen LogP) is 9.29. The van der Waals surface area contributed by atoms with E-state index in [0.29, 0.717) is 17.1 Å². The van der Waals surface area contributed by atoms with E-state index in [9.17, 15) is 0 Å². The molecule has 0 aliphatic carbocycles. The van der Waals surface area contributed by atoms with Gasteiger partial charge in [-0.2, -0.15) is 0 Å². The molecule has 2 aromatic heterocycles. The first-order chi connectivity index (χ1) is 18.3. The second kappa shape index (κ2) is 9.25. The second-order valence-corrected chi connectivity index (χ2v) is 10.5. The molecular formula is C35H31FNO+. The van der Waals surface area contributed by atoms with Crippen LogP contribution in [0.3, 0.4) is 0 Å². The van der Waals surface area contributed by atoms with E-state index in [1.807, 2.05) is 48.5 Å². The average molecular weight is 501 g/mol. The summed E-state index contributed by atoms with van der Waals surface area (Å²) in [6, 6.07) is 28.3. The molecule has 0 spiro atoms. The Morgan fingerprint density at radius 2 is 1.39 bits per heavy atom. The van der Waals surface area contributed by atoms with Crippen LogP contribution < -0.4 is 4.57 Å². The van der Waals surface area contributed by atoms with Crippen molar-refractivity contribution in [3.8, 4) is 33.5 Å². The van der Waals surface area contributed by atoms with Crippen molar-refractivity contribution in [1.29, 1.82) is 0 Å². The normalized spacial score (nSPS) is 11.7. The van der Waals surface area contributed by atoms with Gasteiger partial charge in [0.1, 0.15) is 24.0 Å². The van der Waals surface area contributed by atoms with Crippen molar-refractivity contribution in [2.24, 2.45) is 7.05 Å². The maximum Gasteiger partial charge on any atom is 0.216 e. The maximum absolute atomic E-state index is 15.5. The number of aryl methyl sites for hydroxylation is 3. The van der Waals surface area contributed by atoms with Crippen molar-refractivity contribution >= 4 is 21.9 Å². The Balaban J connectivity index is 1.61. The van der Waals surface area contributed by atoms with Crippen LogP contribution in [0.4, 0.5) is 4.39 Å². The molecule has 6 aromatic rings. The number of fused-ring (bicyclic) bond motifs is 3. The molecule has 4 aromatic carbocycles. The van der Waals surface area contributed by atoms with Crippen molar-refractivity contribution < 1.29 is 13.4 Å². The topological polar surface area (TPSA) is 17.0 Å². The van der Waals surface area contributed by atoms with Crippen LogP contribution >= 0.6 is 0 Å². The molecule has 188 valence electrons. The fourth-order valence-electron chi connectivity index (χ4n) is 5.59. The summed E-state index contributed by atoms with van der Waals surface area (Å²) in [5.41, 5.74) is 10.6. The number of nitrogens with zero attached hydrogens (tertiary/aromatic N) is 1. The zero-order chi connectivity index (χ0) is 26.6. The summed E-state index contributed by atoms with van der Waals surface area (Å²) in [6.07, 6.45) is 2.11. The minimum absolute atomic E-state index is 0.285. The molecule has 0 aliphatic heterocycles. The first-order valence-corrected chi connectivity index (χ1v) is 13.1. The number of hydrogen-bond donors (Lipinski definition) is 0. The zero-order valence-electron chi connectivity index (χ0n) is 22.5. The molecule has 6 rings (SSSR count). The van der Waals surface area contributed by atoms with Gasteiger partial charge in [0.15, 0.2) is 6.20 Å². The van der Waals surface area contributed by atoms with Crippen LogP contribution in [-0.2, 0) is 7.05 Å².